The van der Waals surface area contributed by atoms with E-state index >= 15 is 0 Å². The van der Waals surface area contributed by atoms with Gasteiger partial charge in [0.15, 0.2) is 0 Å². The predicted octanol–water partition coefficient (Wildman–Crippen LogP) is 2.99. The van der Waals surface area contributed by atoms with Crippen molar-refractivity contribution in [3.8, 4) is 0 Å². The molecule has 1 saturated heterocycles. The second-order valence-electron chi connectivity index (χ2n) is 7.85. The molecule has 0 aromatic carbocycles. The van der Waals surface area contributed by atoms with Crippen LogP contribution >= 0.6 is 0 Å². The van der Waals surface area contributed by atoms with Gasteiger partial charge in [-0.25, -0.2) is 0 Å². The number of ether oxygens (including phenoxy) is 1. The van der Waals surface area contributed by atoms with Gasteiger partial charge in [-0.2, -0.15) is 0 Å². The van der Waals surface area contributed by atoms with Crippen LogP contribution in [0.25, 0.3) is 0 Å². The molecule has 1 saturated carbocycles. The van der Waals surface area contributed by atoms with E-state index in [1.54, 1.807) is 0 Å². The summed E-state index contributed by atoms with van der Waals surface area (Å²) in [6, 6.07) is 0. The van der Waals surface area contributed by atoms with Crippen molar-refractivity contribution in [2.24, 2.45) is 16.2 Å². The molecular formula is C14H26O2. The Morgan fingerprint density at radius 1 is 1.00 bits per heavy atom. The minimum atomic E-state index is -0.281. The van der Waals surface area contributed by atoms with Gasteiger partial charge in [0.2, 0.25) is 0 Å². The van der Waals surface area contributed by atoms with Gasteiger partial charge in [0.25, 0.3) is 0 Å². The molecule has 0 aromatic rings. The van der Waals surface area contributed by atoms with Crippen molar-refractivity contribution in [2.45, 2.75) is 72.7 Å². The average Bonchev–Trinajstić information content (AvgIpc) is 2.73. The standard InChI is InChI=1S/C14H26O2/c1-12(2,3)10-9(15)14(7-8-14)11(16-10)13(4,5)6/h9-11,15H,7-8H2,1-6H3. The Bertz CT molecular complexity index is 278. The maximum Gasteiger partial charge on any atom is 0.0892 e. The van der Waals surface area contributed by atoms with Crippen LogP contribution in [0, 0.1) is 16.2 Å². The zero-order chi connectivity index (χ0) is 12.4. The molecule has 2 fully saturated rings. The number of aliphatic hydroxyl groups excluding tert-OH is 1. The van der Waals surface area contributed by atoms with Crippen LogP contribution in [0.4, 0.5) is 0 Å². The summed E-state index contributed by atoms with van der Waals surface area (Å²) < 4.78 is 6.23. The predicted molar refractivity (Wildman–Crippen MR) is 65.2 cm³/mol. The Kier molecular flexibility index (Phi) is 2.50. The van der Waals surface area contributed by atoms with Crippen LogP contribution in [0.15, 0.2) is 0 Å². The fourth-order valence-electron chi connectivity index (χ4n) is 3.26. The molecule has 1 N–H and O–H groups in total. The summed E-state index contributed by atoms with van der Waals surface area (Å²) in [7, 11) is 0. The molecule has 94 valence electrons. The van der Waals surface area contributed by atoms with E-state index in [0.29, 0.717) is 0 Å². The van der Waals surface area contributed by atoms with Crippen molar-refractivity contribution in [1.29, 1.82) is 0 Å². The number of hydrogen-bond donors (Lipinski definition) is 1. The minimum absolute atomic E-state index is 0.0146. The van der Waals surface area contributed by atoms with Crippen LogP contribution in [0.5, 0.6) is 0 Å². The lowest BCUT2D eigenvalue weighted by Gasteiger charge is -2.32. The van der Waals surface area contributed by atoms with Crippen LogP contribution < -0.4 is 0 Å². The smallest absolute Gasteiger partial charge is 0.0892 e. The second kappa shape index (κ2) is 3.23. The van der Waals surface area contributed by atoms with Crippen molar-refractivity contribution in [3.63, 3.8) is 0 Å². The van der Waals surface area contributed by atoms with E-state index in [2.05, 4.69) is 41.5 Å². The summed E-state index contributed by atoms with van der Waals surface area (Å²) in [6.07, 6.45) is 2.17. The highest BCUT2D eigenvalue weighted by atomic mass is 16.5. The van der Waals surface area contributed by atoms with Gasteiger partial charge in [-0.1, -0.05) is 41.5 Å². The highest BCUT2D eigenvalue weighted by molar-refractivity contribution is 5.15. The zero-order valence-corrected chi connectivity index (χ0v) is 11.5. The van der Waals surface area contributed by atoms with Crippen molar-refractivity contribution in [3.05, 3.63) is 0 Å². The van der Waals surface area contributed by atoms with Gasteiger partial charge in [0, 0.05) is 5.41 Å². The van der Waals surface area contributed by atoms with Gasteiger partial charge in [-0.15, -0.1) is 0 Å². The third-order valence-electron chi connectivity index (χ3n) is 4.15. The first-order chi connectivity index (χ1) is 7.09. The zero-order valence-electron chi connectivity index (χ0n) is 11.5. The molecule has 0 bridgehead atoms. The third-order valence-corrected chi connectivity index (χ3v) is 4.15. The first kappa shape index (κ1) is 12.4. The summed E-state index contributed by atoms with van der Waals surface area (Å²) in [4.78, 5) is 0. The molecule has 1 aliphatic heterocycles. The summed E-state index contributed by atoms with van der Waals surface area (Å²) in [5.41, 5.74) is 0.211. The number of hydrogen-bond acceptors (Lipinski definition) is 2. The molecule has 0 radical (unpaired) electrons. The summed E-state index contributed by atoms with van der Waals surface area (Å²) >= 11 is 0. The SMILES string of the molecule is CC(C)(C)C1OC(C(C)(C)C)C2(CC2)C1O. The van der Waals surface area contributed by atoms with E-state index in [4.69, 9.17) is 4.74 Å². The molecule has 0 amide bonds. The molecule has 2 rings (SSSR count). The first-order valence-electron chi connectivity index (χ1n) is 6.42. The van der Waals surface area contributed by atoms with Crippen LogP contribution in [0.1, 0.15) is 54.4 Å². The Labute approximate surface area is 99.4 Å². The minimum Gasteiger partial charge on any atom is -0.390 e. The summed E-state index contributed by atoms with van der Waals surface area (Å²) in [6.45, 7) is 13.1. The van der Waals surface area contributed by atoms with Gasteiger partial charge < -0.3 is 9.84 Å². The fraction of sp³-hybridized carbons (Fsp3) is 1.00. The topological polar surface area (TPSA) is 29.5 Å². The Balaban J connectivity index is 2.27. The normalized spacial score (nSPS) is 38.1. The lowest BCUT2D eigenvalue weighted by Crippen LogP contribution is -2.38. The molecule has 1 aliphatic carbocycles. The second-order valence-corrected chi connectivity index (χ2v) is 7.85. The van der Waals surface area contributed by atoms with Crippen LogP contribution in [-0.4, -0.2) is 23.4 Å². The van der Waals surface area contributed by atoms with Crippen LogP contribution in [0.2, 0.25) is 0 Å². The van der Waals surface area contributed by atoms with E-state index in [9.17, 15) is 5.11 Å². The summed E-state index contributed by atoms with van der Waals surface area (Å²) in [5.74, 6) is 0. The molecular weight excluding hydrogens is 200 g/mol. The quantitative estimate of drug-likeness (QED) is 0.688. The van der Waals surface area contributed by atoms with E-state index in [-0.39, 0.29) is 34.6 Å². The molecule has 3 unspecified atom stereocenters. The average molecular weight is 226 g/mol. The van der Waals surface area contributed by atoms with Gasteiger partial charge in [0.05, 0.1) is 18.3 Å². The van der Waals surface area contributed by atoms with Crippen molar-refractivity contribution in [1.82, 2.24) is 0 Å². The fourth-order valence-corrected chi connectivity index (χ4v) is 3.26. The third kappa shape index (κ3) is 1.70. The monoisotopic (exact) mass is 226 g/mol. The highest BCUT2D eigenvalue weighted by Crippen LogP contribution is 2.63. The Morgan fingerprint density at radius 2 is 1.50 bits per heavy atom. The Morgan fingerprint density at radius 3 is 1.75 bits per heavy atom. The molecule has 0 aromatic heterocycles. The molecule has 2 nitrogen and oxygen atoms in total. The van der Waals surface area contributed by atoms with Gasteiger partial charge in [-0.3, -0.25) is 0 Å². The lowest BCUT2D eigenvalue weighted by molar-refractivity contribution is -0.0803. The largest absolute Gasteiger partial charge is 0.390 e. The highest BCUT2D eigenvalue weighted by Gasteiger charge is 2.67. The molecule has 2 aliphatic rings. The van der Waals surface area contributed by atoms with Gasteiger partial charge >= 0.3 is 0 Å². The van der Waals surface area contributed by atoms with E-state index in [1.165, 1.54) is 0 Å². The van der Waals surface area contributed by atoms with Crippen LogP contribution in [0.3, 0.4) is 0 Å². The van der Waals surface area contributed by atoms with Gasteiger partial charge in [-0.05, 0) is 23.7 Å². The van der Waals surface area contributed by atoms with Crippen molar-refractivity contribution in [2.75, 3.05) is 0 Å². The van der Waals surface area contributed by atoms with E-state index < -0.39 is 0 Å². The molecule has 2 heteroatoms. The molecule has 16 heavy (non-hydrogen) atoms. The number of aliphatic hydroxyl groups is 1. The van der Waals surface area contributed by atoms with Crippen molar-refractivity contribution < 1.29 is 9.84 Å². The van der Waals surface area contributed by atoms with E-state index in [0.717, 1.165) is 12.8 Å². The van der Waals surface area contributed by atoms with Crippen LogP contribution in [-0.2, 0) is 4.74 Å². The molecule has 1 spiro atoms. The first-order valence-corrected chi connectivity index (χ1v) is 6.42. The Hall–Kier alpha value is -0.0800. The summed E-state index contributed by atoms with van der Waals surface area (Å²) in [5, 5.41) is 10.5. The van der Waals surface area contributed by atoms with Crippen molar-refractivity contribution >= 4 is 0 Å². The maximum absolute atomic E-state index is 10.5. The molecule has 3 atom stereocenters. The number of rotatable bonds is 0. The van der Waals surface area contributed by atoms with Gasteiger partial charge in [0.1, 0.15) is 0 Å². The maximum atomic E-state index is 10.5. The molecule has 1 heterocycles. The lowest BCUT2D eigenvalue weighted by atomic mass is 9.75. The van der Waals surface area contributed by atoms with E-state index in [1.807, 2.05) is 0 Å².